The largest absolute Gasteiger partial charge is 0.489 e. The van der Waals surface area contributed by atoms with Gasteiger partial charge in [-0.05, 0) is 23.8 Å². The Labute approximate surface area is 159 Å². The van der Waals surface area contributed by atoms with E-state index in [-0.39, 0.29) is 0 Å². The van der Waals surface area contributed by atoms with E-state index >= 15 is 0 Å². The van der Waals surface area contributed by atoms with Gasteiger partial charge in [0.05, 0.1) is 6.54 Å². The van der Waals surface area contributed by atoms with Crippen molar-refractivity contribution >= 4 is 5.96 Å². The van der Waals surface area contributed by atoms with Crippen molar-refractivity contribution in [2.75, 3.05) is 6.54 Å². The second-order valence-corrected chi connectivity index (χ2v) is 6.08. The van der Waals surface area contributed by atoms with Crippen molar-refractivity contribution in [2.45, 2.75) is 19.6 Å². The first-order chi connectivity index (χ1) is 13.3. The number of ether oxygens (including phenoxy) is 1. The lowest BCUT2D eigenvalue weighted by molar-refractivity contribution is 0.303. The average Bonchev–Trinajstić information content (AvgIpc) is 2.73. The highest BCUT2D eigenvalue weighted by Crippen LogP contribution is 2.20. The zero-order valence-corrected chi connectivity index (χ0v) is 15.2. The Kier molecular flexibility index (Phi) is 6.81. The number of para-hydroxylation sites is 1. The fraction of sp³-hybridized carbons (Fsp3) is 0.182. The molecule has 3 aromatic rings. The summed E-state index contributed by atoms with van der Waals surface area (Å²) in [5, 5.41) is 3.13. The minimum Gasteiger partial charge on any atom is -0.489 e. The number of nitrogens with zero attached hydrogens (tertiary/aromatic N) is 2. The predicted molar refractivity (Wildman–Crippen MR) is 108 cm³/mol. The summed E-state index contributed by atoms with van der Waals surface area (Å²) in [6.45, 7) is 1.69. The monoisotopic (exact) mass is 360 g/mol. The van der Waals surface area contributed by atoms with Crippen LogP contribution in [-0.2, 0) is 19.6 Å². The fourth-order valence-electron chi connectivity index (χ4n) is 2.60. The molecule has 0 amide bonds. The summed E-state index contributed by atoms with van der Waals surface area (Å²) in [7, 11) is 0. The van der Waals surface area contributed by atoms with Crippen molar-refractivity contribution in [3.63, 3.8) is 0 Å². The van der Waals surface area contributed by atoms with Crippen LogP contribution in [0, 0.1) is 0 Å². The van der Waals surface area contributed by atoms with E-state index in [9.17, 15) is 0 Å². The number of guanidine groups is 1. The molecule has 0 aliphatic rings. The van der Waals surface area contributed by atoms with Crippen LogP contribution in [-0.4, -0.2) is 17.5 Å². The molecule has 0 aliphatic heterocycles. The Bertz CT molecular complexity index is 850. The van der Waals surface area contributed by atoms with Crippen LogP contribution < -0.4 is 15.8 Å². The number of nitrogens with two attached hydrogens (primary N) is 1. The molecule has 2 aromatic carbocycles. The van der Waals surface area contributed by atoms with Gasteiger partial charge in [0.25, 0.3) is 0 Å². The van der Waals surface area contributed by atoms with Crippen LogP contribution in [0.4, 0.5) is 0 Å². The lowest BCUT2D eigenvalue weighted by Gasteiger charge is -2.11. The van der Waals surface area contributed by atoms with Crippen molar-refractivity contribution in [3.8, 4) is 5.75 Å². The molecular formula is C22H24N4O. The molecule has 0 bridgehead atoms. The van der Waals surface area contributed by atoms with Crippen LogP contribution in [0.25, 0.3) is 0 Å². The standard InChI is InChI=1S/C22H24N4O/c23-22(25-15-13-20-11-6-7-14-24-20)26-16-19-10-4-5-12-21(19)27-17-18-8-2-1-3-9-18/h1-12,14H,13,15-17H2,(H3,23,25,26). The topological polar surface area (TPSA) is 72.5 Å². The molecule has 0 saturated carbocycles. The molecule has 0 saturated heterocycles. The fourth-order valence-corrected chi connectivity index (χ4v) is 2.60. The van der Waals surface area contributed by atoms with Crippen LogP contribution in [0.5, 0.6) is 5.75 Å². The summed E-state index contributed by atoms with van der Waals surface area (Å²) in [5.41, 5.74) is 9.14. The number of nitrogens with one attached hydrogen (secondary N) is 1. The van der Waals surface area contributed by atoms with E-state index in [4.69, 9.17) is 10.5 Å². The smallest absolute Gasteiger partial charge is 0.188 e. The van der Waals surface area contributed by atoms with Gasteiger partial charge in [-0.2, -0.15) is 0 Å². The molecule has 0 atom stereocenters. The number of hydrogen-bond acceptors (Lipinski definition) is 3. The van der Waals surface area contributed by atoms with E-state index in [2.05, 4.69) is 15.3 Å². The Morgan fingerprint density at radius 3 is 2.56 bits per heavy atom. The van der Waals surface area contributed by atoms with Gasteiger partial charge in [0, 0.05) is 30.4 Å². The van der Waals surface area contributed by atoms with Crippen molar-refractivity contribution in [1.82, 2.24) is 10.3 Å². The first-order valence-corrected chi connectivity index (χ1v) is 8.99. The highest BCUT2D eigenvalue weighted by molar-refractivity contribution is 5.77. The first-order valence-electron chi connectivity index (χ1n) is 8.99. The summed E-state index contributed by atoms with van der Waals surface area (Å²) < 4.78 is 5.96. The van der Waals surface area contributed by atoms with Gasteiger partial charge in [-0.3, -0.25) is 4.98 Å². The number of hydrogen-bond donors (Lipinski definition) is 2. The Hall–Kier alpha value is -3.34. The quantitative estimate of drug-likeness (QED) is 0.477. The van der Waals surface area contributed by atoms with E-state index in [0.29, 0.717) is 25.7 Å². The molecule has 1 aromatic heterocycles. The van der Waals surface area contributed by atoms with Gasteiger partial charge in [-0.15, -0.1) is 0 Å². The highest BCUT2D eigenvalue weighted by atomic mass is 16.5. The Balaban J connectivity index is 1.51. The maximum Gasteiger partial charge on any atom is 0.188 e. The number of aromatic nitrogens is 1. The zero-order chi connectivity index (χ0) is 18.7. The second kappa shape index (κ2) is 9.97. The molecule has 5 nitrogen and oxygen atoms in total. The summed E-state index contributed by atoms with van der Waals surface area (Å²) in [4.78, 5) is 8.71. The van der Waals surface area contributed by atoms with Crippen LogP contribution in [0.1, 0.15) is 16.8 Å². The van der Waals surface area contributed by atoms with Gasteiger partial charge in [0.15, 0.2) is 5.96 Å². The van der Waals surface area contributed by atoms with E-state index in [1.165, 1.54) is 0 Å². The first kappa shape index (κ1) is 18.5. The molecule has 0 fully saturated rings. The second-order valence-electron chi connectivity index (χ2n) is 6.08. The molecular weight excluding hydrogens is 336 g/mol. The minimum atomic E-state index is 0.420. The molecule has 138 valence electrons. The molecule has 0 radical (unpaired) electrons. The lowest BCUT2D eigenvalue weighted by Crippen LogP contribution is -2.33. The maximum atomic E-state index is 5.98. The Morgan fingerprint density at radius 1 is 0.963 bits per heavy atom. The summed E-state index contributed by atoms with van der Waals surface area (Å²) in [6.07, 6.45) is 2.59. The van der Waals surface area contributed by atoms with E-state index in [0.717, 1.165) is 29.0 Å². The molecule has 0 unspecified atom stereocenters. The van der Waals surface area contributed by atoms with Crippen LogP contribution in [0.2, 0.25) is 0 Å². The SMILES string of the molecule is NC(=NCc1ccccc1OCc1ccccc1)NCCc1ccccn1. The van der Waals surface area contributed by atoms with E-state index < -0.39 is 0 Å². The maximum absolute atomic E-state index is 5.98. The van der Waals surface area contributed by atoms with E-state index in [1.807, 2.05) is 72.8 Å². The molecule has 1 heterocycles. The molecule has 0 aliphatic carbocycles. The number of rotatable bonds is 8. The van der Waals surface area contributed by atoms with Crippen LogP contribution in [0.15, 0.2) is 84.0 Å². The molecule has 27 heavy (non-hydrogen) atoms. The van der Waals surface area contributed by atoms with Gasteiger partial charge < -0.3 is 15.8 Å². The number of pyridine rings is 1. The third-order valence-electron chi connectivity index (χ3n) is 4.04. The van der Waals surface area contributed by atoms with Crippen molar-refractivity contribution in [1.29, 1.82) is 0 Å². The molecule has 5 heteroatoms. The van der Waals surface area contributed by atoms with Crippen LogP contribution in [0.3, 0.4) is 0 Å². The van der Waals surface area contributed by atoms with Crippen molar-refractivity contribution in [3.05, 3.63) is 95.8 Å². The van der Waals surface area contributed by atoms with Gasteiger partial charge in [-0.25, -0.2) is 4.99 Å². The molecule has 3 rings (SSSR count). The van der Waals surface area contributed by atoms with Gasteiger partial charge >= 0.3 is 0 Å². The third kappa shape index (κ3) is 6.15. The Morgan fingerprint density at radius 2 is 1.74 bits per heavy atom. The molecule has 3 N–H and O–H groups in total. The van der Waals surface area contributed by atoms with Gasteiger partial charge in [0.1, 0.15) is 12.4 Å². The summed E-state index contributed by atoms with van der Waals surface area (Å²) in [6, 6.07) is 23.9. The normalized spacial score (nSPS) is 11.2. The average molecular weight is 360 g/mol. The van der Waals surface area contributed by atoms with Crippen molar-refractivity contribution in [2.24, 2.45) is 10.7 Å². The third-order valence-corrected chi connectivity index (χ3v) is 4.04. The van der Waals surface area contributed by atoms with Gasteiger partial charge in [0.2, 0.25) is 0 Å². The lowest BCUT2D eigenvalue weighted by atomic mass is 10.2. The predicted octanol–water partition coefficient (Wildman–Crippen LogP) is 3.31. The van der Waals surface area contributed by atoms with Gasteiger partial charge in [-0.1, -0.05) is 54.6 Å². The van der Waals surface area contributed by atoms with E-state index in [1.54, 1.807) is 6.20 Å². The minimum absolute atomic E-state index is 0.420. The zero-order valence-electron chi connectivity index (χ0n) is 15.2. The highest BCUT2D eigenvalue weighted by Gasteiger charge is 2.03. The number of benzene rings is 2. The molecule has 0 spiro atoms. The van der Waals surface area contributed by atoms with Crippen LogP contribution >= 0.6 is 0 Å². The summed E-state index contributed by atoms with van der Waals surface area (Å²) >= 11 is 0. The number of aliphatic imine (C=N–C) groups is 1. The van der Waals surface area contributed by atoms with Crippen molar-refractivity contribution < 1.29 is 4.74 Å². The summed E-state index contributed by atoms with van der Waals surface area (Å²) in [5.74, 6) is 1.25.